The molecule has 5 rings (SSSR count). The van der Waals surface area contributed by atoms with Gasteiger partial charge in [0.05, 0.1) is 12.5 Å². The van der Waals surface area contributed by atoms with E-state index >= 15 is 4.39 Å². The van der Waals surface area contributed by atoms with E-state index in [1.165, 1.54) is 16.6 Å². The van der Waals surface area contributed by atoms with Gasteiger partial charge in [-0.2, -0.15) is 8.78 Å². The summed E-state index contributed by atoms with van der Waals surface area (Å²) < 4.78 is 49.4. The van der Waals surface area contributed by atoms with Crippen molar-refractivity contribution in [1.29, 1.82) is 0 Å². The van der Waals surface area contributed by atoms with E-state index in [2.05, 4.69) is 4.98 Å². The lowest BCUT2D eigenvalue weighted by atomic mass is 10.0. The van der Waals surface area contributed by atoms with Gasteiger partial charge in [-0.25, -0.2) is 9.18 Å². The number of aromatic amines is 1. The van der Waals surface area contributed by atoms with Crippen LogP contribution in [0, 0.1) is 11.7 Å². The van der Waals surface area contributed by atoms with E-state index in [9.17, 15) is 23.5 Å². The summed E-state index contributed by atoms with van der Waals surface area (Å²) in [6, 6.07) is 0.924. The van der Waals surface area contributed by atoms with Gasteiger partial charge in [0.15, 0.2) is 11.6 Å². The number of fused-ring (bicyclic) bond motifs is 2. The van der Waals surface area contributed by atoms with Crippen LogP contribution in [0.1, 0.15) is 18.9 Å². The van der Waals surface area contributed by atoms with E-state index in [-0.39, 0.29) is 41.5 Å². The lowest BCUT2D eigenvalue weighted by molar-refractivity contribution is -0.0737. The third-order valence-corrected chi connectivity index (χ3v) is 5.96. The highest BCUT2D eigenvalue weighted by molar-refractivity contribution is 5.91. The molecule has 2 fully saturated rings. The SMILES string of the molecule is COc1c(N2CC3=CC(F)(F)C(O)C3C2)c(F)cc2c(=O)[nH]c(=O)n(C3CC3)c12. The van der Waals surface area contributed by atoms with Gasteiger partial charge in [-0.05, 0) is 30.6 Å². The Bertz CT molecular complexity index is 1180. The van der Waals surface area contributed by atoms with Crippen molar-refractivity contribution in [3.8, 4) is 5.75 Å². The summed E-state index contributed by atoms with van der Waals surface area (Å²) in [4.78, 5) is 28.4. The molecule has 29 heavy (non-hydrogen) atoms. The number of halogens is 3. The fraction of sp³-hybridized carbons (Fsp3) is 0.474. The van der Waals surface area contributed by atoms with Crippen LogP contribution in [-0.2, 0) is 0 Å². The molecule has 1 aliphatic heterocycles. The van der Waals surface area contributed by atoms with Crippen LogP contribution in [0.4, 0.5) is 18.9 Å². The first-order valence-electron chi connectivity index (χ1n) is 9.30. The van der Waals surface area contributed by atoms with Gasteiger partial charge in [-0.3, -0.25) is 14.3 Å². The first kappa shape index (κ1) is 18.3. The maximum absolute atomic E-state index is 15.1. The van der Waals surface area contributed by atoms with E-state index in [1.807, 2.05) is 0 Å². The number of hydrogen-bond acceptors (Lipinski definition) is 5. The number of methoxy groups -OCH3 is 1. The molecule has 1 aromatic carbocycles. The Kier molecular flexibility index (Phi) is 3.71. The second-order valence-electron chi connectivity index (χ2n) is 7.82. The average molecular weight is 409 g/mol. The number of benzene rings is 1. The van der Waals surface area contributed by atoms with Crippen LogP contribution in [0.5, 0.6) is 5.75 Å². The van der Waals surface area contributed by atoms with Crippen molar-refractivity contribution in [3.63, 3.8) is 0 Å². The Morgan fingerprint density at radius 3 is 2.66 bits per heavy atom. The number of aromatic nitrogens is 2. The topological polar surface area (TPSA) is 87.6 Å². The summed E-state index contributed by atoms with van der Waals surface area (Å²) in [5.74, 6) is -4.88. The summed E-state index contributed by atoms with van der Waals surface area (Å²) in [5, 5.41) is 9.90. The molecule has 0 amide bonds. The summed E-state index contributed by atoms with van der Waals surface area (Å²) in [7, 11) is 1.31. The van der Waals surface area contributed by atoms with Gasteiger partial charge in [0.1, 0.15) is 17.3 Å². The van der Waals surface area contributed by atoms with Crippen molar-refractivity contribution in [2.24, 2.45) is 5.92 Å². The van der Waals surface area contributed by atoms with Crippen molar-refractivity contribution in [1.82, 2.24) is 9.55 Å². The molecule has 10 heteroatoms. The monoisotopic (exact) mass is 409 g/mol. The predicted molar refractivity (Wildman–Crippen MR) is 98.3 cm³/mol. The van der Waals surface area contributed by atoms with Crippen LogP contribution < -0.4 is 20.9 Å². The molecule has 1 saturated heterocycles. The maximum atomic E-state index is 15.1. The van der Waals surface area contributed by atoms with E-state index in [0.29, 0.717) is 5.57 Å². The zero-order chi connectivity index (χ0) is 20.7. The molecule has 2 unspecified atom stereocenters. The van der Waals surface area contributed by atoms with Crippen LogP contribution >= 0.6 is 0 Å². The van der Waals surface area contributed by atoms with Crippen LogP contribution in [-0.4, -0.2) is 46.9 Å². The maximum Gasteiger partial charge on any atom is 0.329 e. The van der Waals surface area contributed by atoms with Gasteiger partial charge < -0.3 is 14.7 Å². The molecule has 2 aromatic rings. The fourth-order valence-electron chi connectivity index (χ4n) is 4.50. The standard InChI is InChI=1S/C19H18F3N3O4/c1-29-15-13-10(17(27)23-18(28)25(13)9-2-3-9)4-12(20)14(15)24-6-8-5-19(21,22)16(26)11(8)7-24/h4-5,9,11,16,26H,2-3,6-7H2,1H3,(H,23,27,28). The molecule has 2 atom stereocenters. The van der Waals surface area contributed by atoms with Crippen molar-refractivity contribution in [2.45, 2.75) is 30.9 Å². The van der Waals surface area contributed by atoms with E-state index in [4.69, 9.17) is 4.74 Å². The largest absolute Gasteiger partial charge is 0.492 e. The highest BCUT2D eigenvalue weighted by Crippen LogP contribution is 2.47. The molecular weight excluding hydrogens is 391 g/mol. The number of nitrogens with zero attached hydrogens (tertiary/aromatic N) is 2. The van der Waals surface area contributed by atoms with Crippen LogP contribution in [0.15, 0.2) is 27.3 Å². The van der Waals surface area contributed by atoms with Crippen LogP contribution in [0.2, 0.25) is 0 Å². The molecule has 1 saturated carbocycles. The minimum Gasteiger partial charge on any atom is -0.492 e. The Morgan fingerprint density at radius 1 is 1.31 bits per heavy atom. The second kappa shape index (κ2) is 5.88. The first-order chi connectivity index (χ1) is 13.7. The van der Waals surface area contributed by atoms with Crippen molar-refractivity contribution < 1.29 is 23.0 Å². The second-order valence-corrected chi connectivity index (χ2v) is 7.82. The van der Waals surface area contributed by atoms with Crippen molar-refractivity contribution in [3.05, 3.63) is 44.4 Å². The summed E-state index contributed by atoms with van der Waals surface area (Å²) in [5.41, 5.74) is -0.810. The molecule has 0 radical (unpaired) electrons. The number of aliphatic hydroxyl groups is 1. The molecule has 1 aromatic heterocycles. The van der Waals surface area contributed by atoms with Gasteiger partial charge >= 0.3 is 5.69 Å². The highest BCUT2D eigenvalue weighted by atomic mass is 19.3. The summed E-state index contributed by atoms with van der Waals surface area (Å²) in [6.45, 7) is -0.0365. The number of nitrogens with one attached hydrogen (secondary N) is 1. The number of aliphatic hydroxyl groups excluding tert-OH is 1. The Balaban J connectivity index is 1.72. The number of hydrogen-bond donors (Lipinski definition) is 2. The molecule has 154 valence electrons. The predicted octanol–water partition coefficient (Wildman–Crippen LogP) is 1.54. The molecule has 2 heterocycles. The van der Waals surface area contributed by atoms with Crippen LogP contribution in [0.3, 0.4) is 0 Å². The van der Waals surface area contributed by atoms with Crippen molar-refractivity contribution in [2.75, 3.05) is 25.1 Å². The van der Waals surface area contributed by atoms with Gasteiger partial charge in [0.2, 0.25) is 0 Å². The molecule has 3 aliphatic rings. The number of rotatable bonds is 3. The van der Waals surface area contributed by atoms with E-state index in [0.717, 1.165) is 25.0 Å². The normalized spacial score (nSPS) is 25.4. The molecule has 2 aliphatic carbocycles. The lowest BCUT2D eigenvalue weighted by Crippen LogP contribution is -2.36. The number of anilines is 1. The van der Waals surface area contributed by atoms with Gasteiger partial charge in [0, 0.05) is 25.0 Å². The van der Waals surface area contributed by atoms with Crippen LogP contribution in [0.25, 0.3) is 10.9 Å². The Labute approximate surface area is 162 Å². The third-order valence-electron chi connectivity index (χ3n) is 5.96. The zero-order valence-electron chi connectivity index (χ0n) is 15.4. The first-order valence-corrected chi connectivity index (χ1v) is 9.30. The average Bonchev–Trinajstić information content (AvgIpc) is 3.36. The third kappa shape index (κ3) is 2.54. The number of H-pyrrole nitrogens is 1. The van der Waals surface area contributed by atoms with E-state index in [1.54, 1.807) is 0 Å². The fourth-order valence-corrected chi connectivity index (χ4v) is 4.50. The molecule has 2 N–H and O–H groups in total. The molecular formula is C19H18F3N3O4. The smallest absolute Gasteiger partial charge is 0.329 e. The van der Waals surface area contributed by atoms with Gasteiger partial charge in [-0.15, -0.1) is 0 Å². The van der Waals surface area contributed by atoms with E-state index < -0.39 is 35.0 Å². The van der Waals surface area contributed by atoms with Gasteiger partial charge in [0.25, 0.3) is 11.5 Å². The minimum atomic E-state index is -3.31. The number of alkyl halides is 2. The molecule has 7 nitrogen and oxygen atoms in total. The van der Waals surface area contributed by atoms with Gasteiger partial charge in [-0.1, -0.05) is 0 Å². The zero-order valence-corrected chi connectivity index (χ0v) is 15.4. The number of ether oxygens (including phenoxy) is 1. The Hall–Kier alpha value is -2.75. The van der Waals surface area contributed by atoms with Crippen molar-refractivity contribution >= 4 is 16.6 Å². The summed E-state index contributed by atoms with van der Waals surface area (Å²) in [6.07, 6.45) is 0.358. The summed E-state index contributed by atoms with van der Waals surface area (Å²) >= 11 is 0. The molecule has 0 bridgehead atoms. The molecule has 0 spiro atoms. The lowest BCUT2D eigenvalue weighted by Gasteiger charge is -2.25. The quantitative estimate of drug-likeness (QED) is 0.752. The highest BCUT2D eigenvalue weighted by Gasteiger charge is 2.52. The Morgan fingerprint density at radius 2 is 2.03 bits per heavy atom. The minimum absolute atomic E-state index is 0.00699.